The first-order valence-electron chi connectivity index (χ1n) is 4.63. The molecular formula is C10H14O2. The molecule has 1 saturated carbocycles. The Hall–Kier alpha value is -0.630. The number of hydrogen-bond donors (Lipinski definition) is 1. The Morgan fingerprint density at radius 3 is 2.67 bits per heavy atom. The van der Waals surface area contributed by atoms with E-state index < -0.39 is 6.10 Å². The number of carbonyl (C=O) groups excluding carboxylic acids is 1. The van der Waals surface area contributed by atoms with Crippen molar-refractivity contribution in [3.8, 4) is 0 Å². The molecule has 2 aliphatic carbocycles. The molecule has 0 saturated heterocycles. The van der Waals surface area contributed by atoms with Crippen molar-refractivity contribution in [2.75, 3.05) is 0 Å². The van der Waals surface area contributed by atoms with Gasteiger partial charge >= 0.3 is 0 Å². The van der Waals surface area contributed by atoms with Crippen LogP contribution in [0, 0.1) is 5.41 Å². The molecule has 0 bridgehead atoms. The van der Waals surface area contributed by atoms with Crippen molar-refractivity contribution in [2.24, 2.45) is 5.41 Å². The van der Waals surface area contributed by atoms with E-state index in [9.17, 15) is 9.90 Å². The molecule has 2 aliphatic rings. The molecule has 0 aromatic heterocycles. The van der Waals surface area contributed by atoms with Gasteiger partial charge in [0.25, 0.3) is 0 Å². The van der Waals surface area contributed by atoms with Crippen LogP contribution in [0.5, 0.6) is 0 Å². The van der Waals surface area contributed by atoms with Crippen molar-refractivity contribution in [1.29, 1.82) is 0 Å². The highest BCUT2D eigenvalue weighted by atomic mass is 16.3. The zero-order valence-electron chi connectivity index (χ0n) is 7.12. The predicted octanol–water partition coefficient (Wildman–Crippen LogP) is 1.44. The minimum atomic E-state index is -0.419. The molecule has 0 amide bonds. The second-order valence-electron chi connectivity index (χ2n) is 3.96. The van der Waals surface area contributed by atoms with Crippen LogP contribution in [0.25, 0.3) is 0 Å². The Balaban J connectivity index is 2.24. The Morgan fingerprint density at radius 1 is 1.42 bits per heavy atom. The van der Waals surface area contributed by atoms with Crippen LogP contribution in [0.4, 0.5) is 0 Å². The van der Waals surface area contributed by atoms with Crippen molar-refractivity contribution >= 4 is 5.78 Å². The summed E-state index contributed by atoms with van der Waals surface area (Å²) in [5.74, 6) is 0.0695. The van der Waals surface area contributed by atoms with Gasteiger partial charge in [-0.2, -0.15) is 0 Å². The molecule has 1 fully saturated rings. The number of rotatable bonds is 0. The Morgan fingerprint density at radius 2 is 2.08 bits per heavy atom. The van der Waals surface area contributed by atoms with E-state index in [2.05, 4.69) is 0 Å². The van der Waals surface area contributed by atoms with Gasteiger partial charge in [0.05, 0.1) is 6.10 Å². The fraction of sp³-hybridized carbons (Fsp3) is 0.700. The SMILES string of the molecule is O=C1C=CC2(CCCC2)C(O)C1. The Labute approximate surface area is 72.3 Å². The summed E-state index contributed by atoms with van der Waals surface area (Å²) in [6.07, 6.45) is 7.99. The van der Waals surface area contributed by atoms with Crippen molar-refractivity contribution < 1.29 is 9.90 Å². The van der Waals surface area contributed by atoms with E-state index in [4.69, 9.17) is 0 Å². The Kier molecular flexibility index (Phi) is 1.80. The van der Waals surface area contributed by atoms with Crippen LogP contribution >= 0.6 is 0 Å². The van der Waals surface area contributed by atoms with Crippen molar-refractivity contribution in [3.63, 3.8) is 0 Å². The van der Waals surface area contributed by atoms with Gasteiger partial charge in [0, 0.05) is 11.8 Å². The third-order valence-electron chi connectivity index (χ3n) is 3.19. The molecule has 12 heavy (non-hydrogen) atoms. The normalized spacial score (nSPS) is 33.1. The standard InChI is InChI=1S/C10H14O2/c11-8-3-6-10(9(12)7-8)4-1-2-5-10/h3,6,9,12H,1-2,4-5,7H2. The first-order valence-corrected chi connectivity index (χ1v) is 4.63. The van der Waals surface area contributed by atoms with E-state index in [1.807, 2.05) is 6.08 Å². The number of aliphatic hydroxyl groups excluding tert-OH is 1. The van der Waals surface area contributed by atoms with E-state index >= 15 is 0 Å². The number of ketones is 1. The smallest absolute Gasteiger partial charge is 0.158 e. The lowest BCUT2D eigenvalue weighted by Crippen LogP contribution is -2.35. The maximum absolute atomic E-state index is 11.0. The molecule has 0 aromatic rings. The topological polar surface area (TPSA) is 37.3 Å². The highest BCUT2D eigenvalue weighted by Gasteiger charge is 2.40. The summed E-state index contributed by atoms with van der Waals surface area (Å²) < 4.78 is 0. The molecule has 1 N–H and O–H groups in total. The molecular weight excluding hydrogens is 152 g/mol. The summed E-state index contributed by atoms with van der Waals surface area (Å²) in [6.45, 7) is 0. The second kappa shape index (κ2) is 2.70. The highest BCUT2D eigenvalue weighted by molar-refractivity contribution is 5.91. The second-order valence-corrected chi connectivity index (χ2v) is 3.96. The van der Waals surface area contributed by atoms with Crippen LogP contribution in [-0.2, 0) is 4.79 Å². The third-order valence-corrected chi connectivity index (χ3v) is 3.19. The number of carbonyl (C=O) groups is 1. The lowest BCUT2D eigenvalue weighted by Gasteiger charge is -2.33. The van der Waals surface area contributed by atoms with Crippen molar-refractivity contribution in [2.45, 2.75) is 38.2 Å². The lowest BCUT2D eigenvalue weighted by molar-refractivity contribution is -0.119. The molecule has 1 unspecified atom stereocenters. The molecule has 0 heterocycles. The van der Waals surface area contributed by atoms with Gasteiger partial charge in [-0.3, -0.25) is 4.79 Å². The Bertz CT molecular complexity index is 224. The number of aliphatic hydroxyl groups is 1. The number of hydrogen-bond acceptors (Lipinski definition) is 2. The zero-order chi connectivity index (χ0) is 8.60. The molecule has 66 valence electrons. The largest absolute Gasteiger partial charge is 0.392 e. The fourth-order valence-corrected chi connectivity index (χ4v) is 2.36. The first kappa shape index (κ1) is 7.99. The summed E-state index contributed by atoms with van der Waals surface area (Å²) in [5.41, 5.74) is -0.0338. The van der Waals surface area contributed by atoms with Crippen LogP contribution in [0.15, 0.2) is 12.2 Å². The van der Waals surface area contributed by atoms with Gasteiger partial charge in [-0.15, -0.1) is 0 Å². The summed E-state index contributed by atoms with van der Waals surface area (Å²) >= 11 is 0. The third kappa shape index (κ3) is 1.11. The van der Waals surface area contributed by atoms with Crippen molar-refractivity contribution in [3.05, 3.63) is 12.2 Å². The molecule has 2 rings (SSSR count). The van der Waals surface area contributed by atoms with E-state index in [-0.39, 0.29) is 11.2 Å². The van der Waals surface area contributed by atoms with Gasteiger partial charge < -0.3 is 5.11 Å². The van der Waals surface area contributed by atoms with Crippen LogP contribution in [0.2, 0.25) is 0 Å². The van der Waals surface area contributed by atoms with Gasteiger partial charge in [-0.05, 0) is 18.9 Å². The summed E-state index contributed by atoms with van der Waals surface area (Å²) in [6, 6.07) is 0. The molecule has 0 radical (unpaired) electrons. The molecule has 1 spiro atoms. The maximum Gasteiger partial charge on any atom is 0.158 e. The zero-order valence-corrected chi connectivity index (χ0v) is 7.12. The minimum absolute atomic E-state index is 0.0338. The molecule has 2 heteroatoms. The minimum Gasteiger partial charge on any atom is -0.392 e. The average molecular weight is 166 g/mol. The van der Waals surface area contributed by atoms with Gasteiger partial charge in [0.15, 0.2) is 5.78 Å². The molecule has 1 atom stereocenters. The van der Waals surface area contributed by atoms with Gasteiger partial charge in [-0.25, -0.2) is 0 Å². The maximum atomic E-state index is 11.0. The predicted molar refractivity (Wildman–Crippen MR) is 45.7 cm³/mol. The summed E-state index contributed by atoms with van der Waals surface area (Å²) in [7, 11) is 0. The van der Waals surface area contributed by atoms with Gasteiger partial charge in [0.1, 0.15) is 0 Å². The monoisotopic (exact) mass is 166 g/mol. The van der Waals surface area contributed by atoms with E-state index in [0.717, 1.165) is 12.8 Å². The lowest BCUT2D eigenvalue weighted by atomic mass is 9.75. The average Bonchev–Trinajstić information content (AvgIpc) is 2.48. The van der Waals surface area contributed by atoms with Gasteiger partial charge in [-0.1, -0.05) is 18.9 Å². The highest BCUT2D eigenvalue weighted by Crippen LogP contribution is 2.45. The molecule has 0 aromatic carbocycles. The van der Waals surface area contributed by atoms with E-state index in [0.29, 0.717) is 6.42 Å². The first-order chi connectivity index (χ1) is 5.73. The summed E-state index contributed by atoms with van der Waals surface area (Å²) in [4.78, 5) is 11.0. The van der Waals surface area contributed by atoms with Crippen molar-refractivity contribution in [1.82, 2.24) is 0 Å². The summed E-state index contributed by atoms with van der Waals surface area (Å²) in [5, 5.41) is 9.76. The van der Waals surface area contributed by atoms with Crippen LogP contribution < -0.4 is 0 Å². The number of allylic oxidation sites excluding steroid dienone is 1. The van der Waals surface area contributed by atoms with Crippen LogP contribution in [0.3, 0.4) is 0 Å². The molecule has 0 aliphatic heterocycles. The van der Waals surface area contributed by atoms with Gasteiger partial charge in [0.2, 0.25) is 0 Å². The van der Waals surface area contributed by atoms with E-state index in [1.54, 1.807) is 6.08 Å². The van der Waals surface area contributed by atoms with Crippen LogP contribution in [0.1, 0.15) is 32.1 Å². The van der Waals surface area contributed by atoms with Crippen LogP contribution in [-0.4, -0.2) is 17.0 Å². The fourth-order valence-electron chi connectivity index (χ4n) is 2.36. The molecule has 2 nitrogen and oxygen atoms in total. The quantitative estimate of drug-likeness (QED) is 0.591. The van der Waals surface area contributed by atoms with E-state index in [1.165, 1.54) is 12.8 Å².